The number of esters is 1. The lowest BCUT2D eigenvalue weighted by Gasteiger charge is -2.04. The third-order valence-electron chi connectivity index (χ3n) is 3.16. The summed E-state index contributed by atoms with van der Waals surface area (Å²) in [5.41, 5.74) is -1.62. The van der Waals surface area contributed by atoms with E-state index >= 15 is 0 Å². The average molecular weight is 303 g/mol. The Morgan fingerprint density at radius 3 is 2.77 bits per heavy atom. The summed E-state index contributed by atoms with van der Waals surface area (Å²) in [6.07, 6.45) is 0. The fraction of sp³-hybridized carbons (Fsp3) is 0.133. The second kappa shape index (κ2) is 5.10. The van der Waals surface area contributed by atoms with Crippen molar-refractivity contribution in [2.45, 2.75) is 6.92 Å². The summed E-state index contributed by atoms with van der Waals surface area (Å²) in [5, 5.41) is 0.211. The van der Waals surface area contributed by atoms with Crippen molar-refractivity contribution in [2.75, 3.05) is 6.61 Å². The molecule has 0 aliphatic heterocycles. The number of pyridine rings is 1. The van der Waals surface area contributed by atoms with E-state index in [1.165, 1.54) is 12.1 Å². The summed E-state index contributed by atoms with van der Waals surface area (Å²) in [6, 6.07) is 4.78. The number of hydrogen-bond donors (Lipinski definition) is 1. The first-order chi connectivity index (χ1) is 10.5. The van der Waals surface area contributed by atoms with Gasteiger partial charge in [-0.2, -0.15) is 0 Å². The number of rotatable bonds is 2. The molecule has 1 N–H and O–H groups in total. The molecule has 2 aromatic heterocycles. The Morgan fingerprint density at radius 1 is 1.27 bits per heavy atom. The molecule has 7 heteroatoms. The van der Waals surface area contributed by atoms with Gasteiger partial charge in [0.05, 0.1) is 17.5 Å². The van der Waals surface area contributed by atoms with Crippen molar-refractivity contribution in [1.82, 2.24) is 4.98 Å². The predicted molar refractivity (Wildman–Crippen MR) is 76.5 cm³/mol. The highest BCUT2D eigenvalue weighted by Crippen LogP contribution is 2.21. The zero-order chi connectivity index (χ0) is 15.9. The number of hydrogen-bond acceptors (Lipinski definition) is 5. The van der Waals surface area contributed by atoms with Crippen molar-refractivity contribution < 1.29 is 18.3 Å². The summed E-state index contributed by atoms with van der Waals surface area (Å²) >= 11 is 0. The maximum Gasteiger partial charge on any atom is 0.351 e. The maximum atomic E-state index is 13.4. The summed E-state index contributed by atoms with van der Waals surface area (Å²) in [6.45, 7) is 1.67. The van der Waals surface area contributed by atoms with Crippen LogP contribution in [0.3, 0.4) is 0 Å². The number of nitrogens with one attached hydrogen (secondary N) is 1. The van der Waals surface area contributed by atoms with E-state index in [1.807, 2.05) is 0 Å². The van der Waals surface area contributed by atoms with Crippen LogP contribution in [0, 0.1) is 5.82 Å². The quantitative estimate of drug-likeness (QED) is 0.577. The summed E-state index contributed by atoms with van der Waals surface area (Å²) in [4.78, 5) is 38.2. The second-order valence-corrected chi connectivity index (χ2v) is 4.55. The minimum atomic E-state index is -0.942. The van der Waals surface area contributed by atoms with Crippen LogP contribution in [0.25, 0.3) is 21.9 Å². The lowest BCUT2D eigenvalue weighted by atomic mass is 10.1. The van der Waals surface area contributed by atoms with Crippen LogP contribution in [-0.2, 0) is 4.74 Å². The molecule has 0 atom stereocenters. The summed E-state index contributed by atoms with van der Waals surface area (Å²) < 4.78 is 23.2. The van der Waals surface area contributed by atoms with E-state index in [0.717, 1.165) is 12.1 Å². The molecule has 3 aromatic rings. The maximum absolute atomic E-state index is 13.4. The number of fused-ring (bicyclic) bond motifs is 3. The van der Waals surface area contributed by atoms with E-state index in [2.05, 4.69) is 4.98 Å². The fourth-order valence-corrected chi connectivity index (χ4v) is 2.19. The Labute approximate surface area is 122 Å². The Balaban J connectivity index is 2.41. The monoisotopic (exact) mass is 303 g/mol. The molecule has 112 valence electrons. The van der Waals surface area contributed by atoms with Crippen LogP contribution in [0.1, 0.15) is 17.3 Å². The molecule has 0 spiro atoms. The first kappa shape index (κ1) is 14.0. The highest BCUT2D eigenvalue weighted by atomic mass is 19.1. The van der Waals surface area contributed by atoms with Gasteiger partial charge in [-0.15, -0.1) is 0 Å². The molecule has 0 aliphatic rings. The number of carbonyl (C=O) groups excluding carboxylic acids is 1. The van der Waals surface area contributed by atoms with Crippen molar-refractivity contribution in [1.29, 1.82) is 0 Å². The van der Waals surface area contributed by atoms with Crippen LogP contribution in [-0.4, -0.2) is 17.6 Å². The molecule has 3 rings (SSSR count). The predicted octanol–water partition coefficient (Wildman–Crippen LogP) is 1.95. The van der Waals surface area contributed by atoms with Crippen LogP contribution in [0.2, 0.25) is 0 Å². The zero-order valence-corrected chi connectivity index (χ0v) is 11.4. The molecule has 1 aromatic carbocycles. The topological polar surface area (TPSA) is 89.4 Å². The molecule has 0 unspecified atom stereocenters. The molecule has 0 radical (unpaired) electrons. The number of H-pyrrole nitrogens is 1. The van der Waals surface area contributed by atoms with Gasteiger partial charge in [-0.1, -0.05) is 0 Å². The van der Waals surface area contributed by atoms with Gasteiger partial charge in [-0.05, 0) is 31.2 Å². The van der Waals surface area contributed by atoms with Crippen LogP contribution >= 0.6 is 0 Å². The largest absolute Gasteiger partial charge is 0.462 e. The first-order valence-electron chi connectivity index (χ1n) is 6.47. The Morgan fingerprint density at radius 2 is 2.05 bits per heavy atom. The van der Waals surface area contributed by atoms with Gasteiger partial charge in [0.2, 0.25) is 0 Å². The number of halogens is 1. The van der Waals surface area contributed by atoms with Crippen molar-refractivity contribution in [3.63, 3.8) is 0 Å². The normalized spacial score (nSPS) is 11.0. The Hall–Kier alpha value is -2.96. The van der Waals surface area contributed by atoms with E-state index < -0.39 is 23.0 Å². The minimum Gasteiger partial charge on any atom is -0.462 e. The molecule has 6 nitrogen and oxygen atoms in total. The second-order valence-electron chi connectivity index (χ2n) is 4.55. The van der Waals surface area contributed by atoms with E-state index in [1.54, 1.807) is 6.92 Å². The molecule has 0 aliphatic carbocycles. The highest BCUT2D eigenvalue weighted by Gasteiger charge is 2.18. The van der Waals surface area contributed by atoms with E-state index in [0.29, 0.717) is 5.52 Å². The van der Waals surface area contributed by atoms with Gasteiger partial charge in [-0.25, -0.2) is 14.0 Å². The molecular formula is C15H10FNO5. The minimum absolute atomic E-state index is 0.0271. The summed E-state index contributed by atoms with van der Waals surface area (Å²) in [7, 11) is 0. The molecule has 0 bridgehead atoms. The molecule has 0 saturated carbocycles. The van der Waals surface area contributed by atoms with Crippen LogP contribution in [0.4, 0.5) is 4.39 Å². The number of ether oxygens (including phenoxy) is 1. The van der Waals surface area contributed by atoms with Gasteiger partial charge in [0.25, 0.3) is 5.56 Å². The number of aromatic nitrogens is 1. The molecule has 2 heterocycles. The molecule has 0 amide bonds. The summed E-state index contributed by atoms with van der Waals surface area (Å²) in [5.74, 6) is -1.42. The standard InChI is InChI=1S/C15H10FNO5/c1-2-21-14(19)10-6-9-12(22-15(10)20)8-5-7(16)3-4-11(8)17-13(9)18/h3-6H,2H2,1H3,(H,17,18). The van der Waals surface area contributed by atoms with Crippen molar-refractivity contribution in [3.05, 3.63) is 56.4 Å². The van der Waals surface area contributed by atoms with Gasteiger partial charge in [-0.3, -0.25) is 4.79 Å². The lowest BCUT2D eigenvalue weighted by Crippen LogP contribution is -2.18. The lowest BCUT2D eigenvalue weighted by molar-refractivity contribution is 0.0522. The Kier molecular flexibility index (Phi) is 3.25. The smallest absolute Gasteiger partial charge is 0.351 e. The van der Waals surface area contributed by atoms with Crippen molar-refractivity contribution >= 4 is 27.8 Å². The molecule has 0 saturated heterocycles. The fourth-order valence-electron chi connectivity index (χ4n) is 2.19. The SMILES string of the molecule is CCOC(=O)c1cc2c(=O)[nH]c3ccc(F)cc3c2oc1=O. The van der Waals surface area contributed by atoms with Crippen LogP contribution < -0.4 is 11.2 Å². The van der Waals surface area contributed by atoms with Crippen molar-refractivity contribution in [3.8, 4) is 0 Å². The molecular weight excluding hydrogens is 293 g/mol. The number of carbonyl (C=O) groups is 1. The van der Waals surface area contributed by atoms with Crippen LogP contribution in [0.15, 0.2) is 38.3 Å². The van der Waals surface area contributed by atoms with Crippen molar-refractivity contribution in [2.24, 2.45) is 0 Å². The number of aromatic amines is 1. The molecule has 0 fully saturated rings. The van der Waals surface area contributed by atoms with Gasteiger partial charge >= 0.3 is 11.6 Å². The molecule has 22 heavy (non-hydrogen) atoms. The van der Waals surface area contributed by atoms with Crippen LogP contribution in [0.5, 0.6) is 0 Å². The van der Waals surface area contributed by atoms with E-state index in [9.17, 15) is 18.8 Å². The average Bonchev–Trinajstić information content (AvgIpc) is 2.48. The third kappa shape index (κ3) is 2.16. The zero-order valence-electron chi connectivity index (χ0n) is 11.4. The highest BCUT2D eigenvalue weighted by molar-refractivity contribution is 6.03. The third-order valence-corrected chi connectivity index (χ3v) is 3.16. The van der Waals surface area contributed by atoms with E-state index in [-0.39, 0.29) is 28.5 Å². The first-order valence-corrected chi connectivity index (χ1v) is 6.47. The van der Waals surface area contributed by atoms with Gasteiger partial charge < -0.3 is 14.1 Å². The van der Waals surface area contributed by atoms with Gasteiger partial charge in [0.15, 0.2) is 5.58 Å². The van der Waals surface area contributed by atoms with Gasteiger partial charge in [0, 0.05) is 5.39 Å². The van der Waals surface area contributed by atoms with E-state index in [4.69, 9.17) is 9.15 Å². The van der Waals surface area contributed by atoms with Gasteiger partial charge in [0.1, 0.15) is 11.4 Å². The number of benzene rings is 1. The Bertz CT molecular complexity index is 1020.